The summed E-state index contributed by atoms with van der Waals surface area (Å²) in [4.78, 5) is 25.5. The topological polar surface area (TPSA) is 66.8 Å². The lowest BCUT2D eigenvalue weighted by Crippen LogP contribution is -2.35. The molecule has 1 saturated heterocycles. The Labute approximate surface area is 129 Å². The van der Waals surface area contributed by atoms with Gasteiger partial charge in [0.2, 0.25) is 5.91 Å². The lowest BCUT2D eigenvalue weighted by atomic mass is 9.89. The summed E-state index contributed by atoms with van der Waals surface area (Å²) in [7, 11) is 0. The van der Waals surface area contributed by atoms with Crippen molar-refractivity contribution in [2.75, 3.05) is 19.7 Å². The number of para-hydroxylation sites is 1. The van der Waals surface area contributed by atoms with Crippen LogP contribution in [0, 0.1) is 5.41 Å². The number of carbonyl (C=O) groups is 2. The van der Waals surface area contributed by atoms with E-state index in [0.717, 1.165) is 17.7 Å². The van der Waals surface area contributed by atoms with Crippen molar-refractivity contribution >= 4 is 11.9 Å². The number of hydrogen-bond donors (Lipinski definition) is 1. The van der Waals surface area contributed by atoms with E-state index in [1.54, 1.807) is 11.8 Å². The van der Waals surface area contributed by atoms with Gasteiger partial charge in [0.15, 0.2) is 0 Å². The lowest BCUT2D eigenvalue weighted by molar-refractivity contribution is -0.147. The highest BCUT2D eigenvalue weighted by atomic mass is 16.5. The average molecular weight is 303 g/mol. The van der Waals surface area contributed by atoms with Crippen LogP contribution in [0.2, 0.25) is 0 Å². The minimum Gasteiger partial charge on any atom is -0.493 e. The molecule has 2 heterocycles. The van der Waals surface area contributed by atoms with Gasteiger partial charge < -0.3 is 14.7 Å². The first-order valence-electron chi connectivity index (χ1n) is 7.72. The van der Waals surface area contributed by atoms with Crippen LogP contribution in [0.3, 0.4) is 0 Å². The second kappa shape index (κ2) is 5.63. The van der Waals surface area contributed by atoms with Crippen molar-refractivity contribution in [1.82, 2.24) is 4.90 Å². The quantitative estimate of drug-likeness (QED) is 0.930. The standard InChI is InChI=1S/C17H21NO4/c1-17(16(20)21)7-8-18(11-17)15(19)10-12-6-9-22-14-5-3-2-4-13(12)14/h2-5,12H,6-11H2,1H3,(H,20,21)/t12-,17-/m0/s1. The second-order valence-electron chi connectivity index (χ2n) is 6.51. The van der Waals surface area contributed by atoms with E-state index in [4.69, 9.17) is 4.74 Å². The third-order valence-corrected chi connectivity index (χ3v) is 4.85. The largest absolute Gasteiger partial charge is 0.493 e. The molecule has 0 aliphatic carbocycles. The zero-order valence-electron chi connectivity index (χ0n) is 12.7. The van der Waals surface area contributed by atoms with Crippen LogP contribution in [-0.2, 0) is 9.59 Å². The number of carbonyl (C=O) groups excluding carboxylic acids is 1. The molecule has 0 bridgehead atoms. The van der Waals surface area contributed by atoms with Crippen molar-refractivity contribution in [3.05, 3.63) is 29.8 Å². The van der Waals surface area contributed by atoms with Gasteiger partial charge in [-0.25, -0.2) is 0 Å². The zero-order valence-corrected chi connectivity index (χ0v) is 12.7. The SMILES string of the molecule is C[C@]1(C(=O)O)CCN(C(=O)C[C@@H]2CCOc3ccccc32)C1. The molecule has 1 aromatic carbocycles. The van der Waals surface area contributed by atoms with E-state index < -0.39 is 11.4 Å². The van der Waals surface area contributed by atoms with Crippen LogP contribution in [-0.4, -0.2) is 41.6 Å². The molecule has 1 aromatic rings. The van der Waals surface area contributed by atoms with Crippen LogP contribution in [0.4, 0.5) is 0 Å². The lowest BCUT2D eigenvalue weighted by Gasteiger charge is -2.27. The molecular weight excluding hydrogens is 282 g/mol. The van der Waals surface area contributed by atoms with Gasteiger partial charge in [0, 0.05) is 19.5 Å². The molecule has 2 atom stereocenters. The Hall–Kier alpha value is -2.04. The highest BCUT2D eigenvalue weighted by Gasteiger charge is 2.42. The maximum absolute atomic E-state index is 12.5. The number of carboxylic acids is 1. The van der Waals surface area contributed by atoms with Gasteiger partial charge in [0.05, 0.1) is 12.0 Å². The fourth-order valence-electron chi connectivity index (χ4n) is 3.32. The first-order chi connectivity index (χ1) is 10.5. The molecule has 0 saturated carbocycles. The van der Waals surface area contributed by atoms with Crippen molar-refractivity contribution in [2.45, 2.75) is 32.1 Å². The van der Waals surface area contributed by atoms with Crippen LogP contribution >= 0.6 is 0 Å². The fourth-order valence-corrected chi connectivity index (χ4v) is 3.32. The number of benzene rings is 1. The summed E-state index contributed by atoms with van der Waals surface area (Å²) in [5, 5.41) is 9.27. The Kier molecular flexibility index (Phi) is 3.81. The summed E-state index contributed by atoms with van der Waals surface area (Å²) in [5.74, 6) is 0.253. The predicted molar refractivity (Wildman–Crippen MR) is 80.9 cm³/mol. The molecule has 0 unspecified atom stereocenters. The minimum atomic E-state index is -0.820. The highest BCUT2D eigenvalue weighted by Crippen LogP contribution is 2.37. The summed E-state index contributed by atoms with van der Waals surface area (Å²) in [6.07, 6.45) is 1.78. The number of hydrogen-bond acceptors (Lipinski definition) is 3. The van der Waals surface area contributed by atoms with Gasteiger partial charge in [-0.15, -0.1) is 0 Å². The smallest absolute Gasteiger partial charge is 0.311 e. The van der Waals surface area contributed by atoms with E-state index >= 15 is 0 Å². The zero-order chi connectivity index (χ0) is 15.7. The van der Waals surface area contributed by atoms with Crippen molar-refractivity contribution in [3.63, 3.8) is 0 Å². The molecule has 0 spiro atoms. The molecule has 2 aliphatic heterocycles. The summed E-state index contributed by atoms with van der Waals surface area (Å²) in [6.45, 7) is 3.19. The molecular formula is C17H21NO4. The minimum absolute atomic E-state index is 0.0479. The van der Waals surface area contributed by atoms with Gasteiger partial charge in [-0.3, -0.25) is 9.59 Å². The Balaban J connectivity index is 1.68. The van der Waals surface area contributed by atoms with Crippen LogP contribution in [0.25, 0.3) is 0 Å². The number of nitrogens with zero attached hydrogens (tertiary/aromatic N) is 1. The molecule has 2 aliphatic rings. The number of ether oxygens (including phenoxy) is 1. The molecule has 0 aromatic heterocycles. The van der Waals surface area contributed by atoms with Crippen molar-refractivity contribution < 1.29 is 19.4 Å². The van der Waals surface area contributed by atoms with E-state index in [2.05, 4.69) is 0 Å². The Morgan fingerprint density at radius 2 is 2.18 bits per heavy atom. The van der Waals surface area contributed by atoms with Gasteiger partial charge in [-0.05, 0) is 37.3 Å². The molecule has 118 valence electrons. The number of carboxylic acid groups (broad SMARTS) is 1. The first kappa shape index (κ1) is 14.9. The monoisotopic (exact) mass is 303 g/mol. The van der Waals surface area contributed by atoms with Gasteiger partial charge in [0.1, 0.15) is 5.75 Å². The van der Waals surface area contributed by atoms with E-state index in [1.807, 2.05) is 24.3 Å². The summed E-state index contributed by atoms with van der Waals surface area (Å²) < 4.78 is 5.62. The Morgan fingerprint density at radius 3 is 2.91 bits per heavy atom. The van der Waals surface area contributed by atoms with Crippen LogP contribution < -0.4 is 4.74 Å². The van der Waals surface area contributed by atoms with Crippen LogP contribution in [0.5, 0.6) is 5.75 Å². The first-order valence-corrected chi connectivity index (χ1v) is 7.72. The third-order valence-electron chi connectivity index (χ3n) is 4.85. The number of rotatable bonds is 3. The van der Waals surface area contributed by atoms with E-state index in [1.165, 1.54) is 0 Å². The number of amides is 1. The van der Waals surface area contributed by atoms with Gasteiger partial charge in [-0.2, -0.15) is 0 Å². The molecule has 0 radical (unpaired) electrons. The summed E-state index contributed by atoms with van der Waals surface area (Å²) in [6, 6.07) is 7.84. The predicted octanol–water partition coefficient (Wildman–Crippen LogP) is 2.27. The number of likely N-dealkylation sites (tertiary alicyclic amines) is 1. The van der Waals surface area contributed by atoms with Gasteiger partial charge >= 0.3 is 5.97 Å². The van der Waals surface area contributed by atoms with E-state index in [0.29, 0.717) is 32.5 Å². The number of fused-ring (bicyclic) bond motifs is 1. The van der Waals surface area contributed by atoms with Gasteiger partial charge in [-0.1, -0.05) is 18.2 Å². The molecule has 1 fully saturated rings. The Bertz CT molecular complexity index is 600. The van der Waals surface area contributed by atoms with Crippen molar-refractivity contribution in [3.8, 4) is 5.75 Å². The molecule has 1 amide bonds. The molecule has 3 rings (SSSR count). The highest BCUT2D eigenvalue weighted by molar-refractivity contribution is 5.81. The van der Waals surface area contributed by atoms with Crippen molar-refractivity contribution in [1.29, 1.82) is 0 Å². The maximum Gasteiger partial charge on any atom is 0.311 e. The molecule has 22 heavy (non-hydrogen) atoms. The molecule has 5 heteroatoms. The number of aliphatic carboxylic acids is 1. The third kappa shape index (κ3) is 2.67. The fraction of sp³-hybridized carbons (Fsp3) is 0.529. The van der Waals surface area contributed by atoms with E-state index in [-0.39, 0.29) is 11.8 Å². The summed E-state index contributed by atoms with van der Waals surface area (Å²) >= 11 is 0. The average Bonchev–Trinajstić information content (AvgIpc) is 2.92. The molecule has 1 N–H and O–H groups in total. The van der Waals surface area contributed by atoms with Crippen molar-refractivity contribution in [2.24, 2.45) is 5.41 Å². The normalized spacial score (nSPS) is 27.1. The van der Waals surface area contributed by atoms with Crippen LogP contribution in [0.1, 0.15) is 37.7 Å². The van der Waals surface area contributed by atoms with Gasteiger partial charge in [0.25, 0.3) is 0 Å². The second-order valence-corrected chi connectivity index (χ2v) is 6.51. The van der Waals surface area contributed by atoms with E-state index in [9.17, 15) is 14.7 Å². The maximum atomic E-state index is 12.5. The van der Waals surface area contributed by atoms with Crippen LogP contribution in [0.15, 0.2) is 24.3 Å². The molecule has 5 nitrogen and oxygen atoms in total. The Morgan fingerprint density at radius 1 is 1.41 bits per heavy atom. The summed E-state index contributed by atoms with van der Waals surface area (Å²) in [5.41, 5.74) is 0.283.